The smallest absolute Gasteiger partial charge is 0.0980 e. The third-order valence-electron chi connectivity index (χ3n) is 3.74. The minimum Gasteiger partial charge on any atom is -0.372 e. The van der Waals surface area contributed by atoms with Crippen LogP contribution in [-0.4, -0.2) is 19.2 Å². The van der Waals surface area contributed by atoms with Gasteiger partial charge in [0.2, 0.25) is 0 Å². The molecule has 1 N–H and O–H groups in total. The van der Waals surface area contributed by atoms with Gasteiger partial charge in [0.25, 0.3) is 0 Å². The Bertz CT molecular complexity index is 427. The van der Waals surface area contributed by atoms with E-state index in [4.69, 9.17) is 4.74 Å². The summed E-state index contributed by atoms with van der Waals surface area (Å²) < 4.78 is 6.06. The van der Waals surface area contributed by atoms with Gasteiger partial charge in [-0.3, -0.25) is 0 Å². The van der Waals surface area contributed by atoms with Gasteiger partial charge in [-0.25, -0.2) is 0 Å². The fourth-order valence-electron chi connectivity index (χ4n) is 2.78. The van der Waals surface area contributed by atoms with Crippen LogP contribution in [0, 0.1) is 0 Å². The maximum Gasteiger partial charge on any atom is 0.0980 e. The molecule has 0 saturated heterocycles. The third kappa shape index (κ3) is 3.68. The Morgan fingerprint density at radius 3 is 3.00 bits per heavy atom. The molecule has 2 atom stereocenters. The van der Waals surface area contributed by atoms with Gasteiger partial charge in [-0.05, 0) is 43.9 Å². The molecule has 2 unspecified atom stereocenters. The average Bonchev–Trinajstić information content (AvgIpc) is 2.43. The van der Waals surface area contributed by atoms with Crippen molar-refractivity contribution in [2.24, 2.45) is 0 Å². The monoisotopic (exact) mass is 259 g/mol. The topological polar surface area (TPSA) is 21.3 Å². The van der Waals surface area contributed by atoms with Crippen LogP contribution < -0.4 is 5.32 Å². The van der Waals surface area contributed by atoms with Gasteiger partial charge in [0.1, 0.15) is 0 Å². The van der Waals surface area contributed by atoms with E-state index in [1.54, 1.807) is 0 Å². The second kappa shape index (κ2) is 6.88. The summed E-state index contributed by atoms with van der Waals surface area (Å²) in [6.45, 7) is 10.1. The Labute approximate surface area is 116 Å². The Morgan fingerprint density at radius 1 is 1.47 bits per heavy atom. The van der Waals surface area contributed by atoms with Gasteiger partial charge in [0.05, 0.1) is 12.7 Å². The average molecular weight is 259 g/mol. The summed E-state index contributed by atoms with van der Waals surface area (Å²) in [7, 11) is 0. The Balaban J connectivity index is 2.15. The van der Waals surface area contributed by atoms with Crippen molar-refractivity contribution in [2.45, 2.75) is 45.3 Å². The second-order valence-corrected chi connectivity index (χ2v) is 5.40. The van der Waals surface area contributed by atoms with Crippen LogP contribution in [0.4, 0.5) is 0 Å². The van der Waals surface area contributed by atoms with Crippen LogP contribution in [-0.2, 0) is 11.2 Å². The van der Waals surface area contributed by atoms with E-state index in [1.807, 2.05) is 0 Å². The summed E-state index contributed by atoms with van der Waals surface area (Å²) in [5.41, 5.74) is 4.05. The number of ether oxygens (including phenoxy) is 1. The normalized spacial score (nSPS) is 19.8. The zero-order valence-electron chi connectivity index (χ0n) is 12.1. The van der Waals surface area contributed by atoms with Gasteiger partial charge in [0, 0.05) is 6.04 Å². The van der Waals surface area contributed by atoms with E-state index in [1.165, 1.54) is 16.7 Å². The van der Waals surface area contributed by atoms with Gasteiger partial charge in [-0.2, -0.15) is 0 Å². The van der Waals surface area contributed by atoms with E-state index < -0.39 is 0 Å². The Hall–Kier alpha value is -1.12. The lowest BCUT2D eigenvalue weighted by atomic mass is 9.90. The van der Waals surface area contributed by atoms with Gasteiger partial charge in [-0.15, -0.1) is 6.58 Å². The molecule has 0 radical (unpaired) electrons. The number of fused-ring (bicyclic) bond motifs is 1. The van der Waals surface area contributed by atoms with Crippen molar-refractivity contribution in [3.05, 3.63) is 47.5 Å². The van der Waals surface area contributed by atoms with Gasteiger partial charge in [-0.1, -0.05) is 36.8 Å². The predicted octanol–water partition coefficient (Wildman–Crippen LogP) is 3.63. The molecule has 2 rings (SSSR count). The van der Waals surface area contributed by atoms with E-state index in [0.717, 1.165) is 32.4 Å². The second-order valence-electron chi connectivity index (χ2n) is 5.40. The molecule has 0 fully saturated rings. The summed E-state index contributed by atoms with van der Waals surface area (Å²) in [5, 5.41) is 3.58. The van der Waals surface area contributed by atoms with Crippen LogP contribution in [0.3, 0.4) is 0 Å². The summed E-state index contributed by atoms with van der Waals surface area (Å²) in [6.07, 6.45) is 3.36. The maximum absolute atomic E-state index is 6.06. The molecule has 1 aromatic carbocycles. The number of likely N-dealkylation sites (N-methyl/N-ethyl adjacent to an activating group) is 1. The maximum atomic E-state index is 6.06. The molecular weight excluding hydrogens is 234 g/mol. The van der Waals surface area contributed by atoms with E-state index in [2.05, 4.69) is 50.0 Å². The van der Waals surface area contributed by atoms with Crippen LogP contribution >= 0.6 is 0 Å². The van der Waals surface area contributed by atoms with Crippen molar-refractivity contribution < 1.29 is 4.74 Å². The highest BCUT2D eigenvalue weighted by Gasteiger charge is 2.27. The predicted molar refractivity (Wildman–Crippen MR) is 80.4 cm³/mol. The molecule has 2 nitrogen and oxygen atoms in total. The van der Waals surface area contributed by atoms with E-state index in [-0.39, 0.29) is 6.10 Å². The van der Waals surface area contributed by atoms with Gasteiger partial charge >= 0.3 is 0 Å². The van der Waals surface area contributed by atoms with E-state index in [9.17, 15) is 0 Å². The molecule has 0 aliphatic carbocycles. The van der Waals surface area contributed by atoms with Crippen LogP contribution in [0.1, 0.15) is 43.9 Å². The number of nitrogens with one attached hydrogen (secondary N) is 1. The molecule has 0 saturated carbocycles. The van der Waals surface area contributed by atoms with Crippen molar-refractivity contribution in [2.75, 3.05) is 13.2 Å². The summed E-state index contributed by atoms with van der Waals surface area (Å²) in [4.78, 5) is 0. The van der Waals surface area contributed by atoms with E-state index >= 15 is 0 Å². The molecule has 1 heterocycles. The highest BCUT2D eigenvalue weighted by molar-refractivity contribution is 5.32. The molecule has 0 aromatic heterocycles. The molecule has 0 bridgehead atoms. The molecule has 1 aromatic rings. The van der Waals surface area contributed by atoms with Crippen LogP contribution in [0.25, 0.3) is 0 Å². The summed E-state index contributed by atoms with van der Waals surface area (Å²) >= 11 is 0. The molecular formula is C17H25NO. The zero-order chi connectivity index (χ0) is 13.7. The van der Waals surface area contributed by atoms with Gasteiger partial charge < -0.3 is 10.1 Å². The fourth-order valence-corrected chi connectivity index (χ4v) is 2.78. The summed E-state index contributed by atoms with van der Waals surface area (Å²) in [5.74, 6) is 0. The molecule has 2 heteroatoms. The number of rotatable bonds is 6. The van der Waals surface area contributed by atoms with Crippen molar-refractivity contribution in [1.82, 2.24) is 5.32 Å². The number of hydrogen-bond acceptors (Lipinski definition) is 2. The molecule has 104 valence electrons. The van der Waals surface area contributed by atoms with Crippen LogP contribution in [0.5, 0.6) is 0 Å². The summed E-state index contributed by atoms with van der Waals surface area (Å²) in [6, 6.07) is 9.06. The van der Waals surface area contributed by atoms with Crippen molar-refractivity contribution >= 4 is 0 Å². The Kier molecular flexibility index (Phi) is 5.17. The number of allylic oxidation sites excluding steroid dienone is 1. The minimum absolute atomic E-state index is 0.184. The highest BCUT2D eigenvalue weighted by Crippen LogP contribution is 2.31. The quantitative estimate of drug-likeness (QED) is 0.788. The third-order valence-corrected chi connectivity index (χ3v) is 3.74. The lowest BCUT2D eigenvalue weighted by molar-refractivity contribution is 0.0137. The molecule has 0 spiro atoms. The van der Waals surface area contributed by atoms with Crippen LogP contribution in [0.2, 0.25) is 0 Å². The zero-order valence-corrected chi connectivity index (χ0v) is 12.1. The molecule has 1 aliphatic rings. The first-order valence-corrected chi connectivity index (χ1v) is 7.29. The fraction of sp³-hybridized carbons (Fsp3) is 0.529. The first kappa shape index (κ1) is 14.3. The van der Waals surface area contributed by atoms with E-state index in [0.29, 0.717) is 6.04 Å². The standard InChI is InChI=1S/C17H25NO/c1-4-18-16(10-9-13(2)3)17-15-8-6-5-7-14(15)11-12-19-17/h5-8,16-18H,2,4,9-12H2,1,3H3. The van der Waals surface area contributed by atoms with Crippen LogP contribution in [0.15, 0.2) is 36.4 Å². The van der Waals surface area contributed by atoms with Crippen molar-refractivity contribution in [1.29, 1.82) is 0 Å². The lowest BCUT2D eigenvalue weighted by Gasteiger charge is -2.33. The van der Waals surface area contributed by atoms with Gasteiger partial charge in [0.15, 0.2) is 0 Å². The van der Waals surface area contributed by atoms with Crippen molar-refractivity contribution in [3.63, 3.8) is 0 Å². The SMILES string of the molecule is C=C(C)CCC(NCC)C1OCCc2ccccc21. The first-order valence-electron chi connectivity index (χ1n) is 7.29. The molecule has 0 amide bonds. The molecule has 1 aliphatic heterocycles. The highest BCUT2D eigenvalue weighted by atomic mass is 16.5. The minimum atomic E-state index is 0.184. The Morgan fingerprint density at radius 2 is 2.26 bits per heavy atom. The molecule has 19 heavy (non-hydrogen) atoms. The lowest BCUT2D eigenvalue weighted by Crippen LogP contribution is -2.38. The largest absolute Gasteiger partial charge is 0.372 e. The first-order chi connectivity index (χ1) is 9.22. The number of benzene rings is 1. The number of hydrogen-bond donors (Lipinski definition) is 1. The van der Waals surface area contributed by atoms with Crippen molar-refractivity contribution in [3.8, 4) is 0 Å².